The number of carbonyl (C=O) groups is 1. The number of ketones is 1. The maximum absolute atomic E-state index is 12.4. The van der Waals surface area contributed by atoms with Gasteiger partial charge in [0.15, 0.2) is 23.0 Å². The summed E-state index contributed by atoms with van der Waals surface area (Å²) < 4.78 is 10.7. The highest BCUT2D eigenvalue weighted by atomic mass is 35.5. The molecule has 144 valence electrons. The van der Waals surface area contributed by atoms with Crippen molar-refractivity contribution in [1.82, 2.24) is 0 Å². The van der Waals surface area contributed by atoms with Crippen LogP contribution in [0.4, 0.5) is 0 Å². The quantitative estimate of drug-likeness (QED) is 0.562. The van der Waals surface area contributed by atoms with Gasteiger partial charge in [-0.1, -0.05) is 6.07 Å². The van der Waals surface area contributed by atoms with Gasteiger partial charge in [-0.25, -0.2) is 0 Å². The third-order valence-electron chi connectivity index (χ3n) is 6.35. The Kier molecular flexibility index (Phi) is 5.61. The number of hydrogen-bond acceptors (Lipinski definition) is 4. The largest absolute Gasteiger partial charge is 1.00 e. The van der Waals surface area contributed by atoms with Crippen LogP contribution in [0.5, 0.6) is 11.5 Å². The Bertz CT molecular complexity index is 750. The number of ether oxygens (including phenoxy) is 2. The molecule has 26 heavy (non-hydrogen) atoms. The molecular weight excluding hydrogens is 358 g/mol. The van der Waals surface area contributed by atoms with Crippen molar-refractivity contribution in [2.45, 2.75) is 30.7 Å². The third kappa shape index (κ3) is 2.59. The van der Waals surface area contributed by atoms with Crippen LogP contribution in [0.15, 0.2) is 24.0 Å². The number of likely N-dealkylation sites (N-methyl/N-ethyl adjacent to an activating group) is 1. The number of carbonyl (C=O) groups excluding carboxylic acids is 1. The molecule has 1 saturated heterocycles. The molecule has 1 aromatic rings. The minimum atomic E-state index is -0.338. The van der Waals surface area contributed by atoms with E-state index in [-0.39, 0.29) is 40.7 Å². The van der Waals surface area contributed by atoms with Gasteiger partial charge < -0.3 is 37.4 Å². The Labute approximate surface area is 159 Å². The zero-order valence-electron chi connectivity index (χ0n) is 15.3. The third-order valence-corrected chi connectivity index (χ3v) is 6.35. The molecule has 6 nitrogen and oxygen atoms in total. The van der Waals surface area contributed by atoms with Crippen molar-refractivity contribution in [1.29, 1.82) is 0 Å². The lowest BCUT2D eigenvalue weighted by atomic mass is 9.54. The second-order valence-corrected chi connectivity index (χ2v) is 7.29. The predicted octanol–water partition coefficient (Wildman–Crippen LogP) is -3.22. The van der Waals surface area contributed by atoms with E-state index in [9.17, 15) is 9.90 Å². The number of nitrogens with one attached hydrogen (secondary N) is 1. The predicted molar refractivity (Wildman–Crippen MR) is 92.0 cm³/mol. The lowest BCUT2D eigenvalue weighted by molar-refractivity contribution is -0.918. The first kappa shape index (κ1) is 20.6. The van der Waals surface area contributed by atoms with Gasteiger partial charge in [-0.2, -0.15) is 0 Å². The molecule has 3 aliphatic rings. The van der Waals surface area contributed by atoms with E-state index in [1.165, 1.54) is 4.90 Å². The Hall–Kier alpha value is -1.76. The molecule has 1 fully saturated rings. The van der Waals surface area contributed by atoms with Crippen molar-refractivity contribution in [3.05, 3.63) is 35.1 Å². The van der Waals surface area contributed by atoms with E-state index >= 15 is 0 Å². The van der Waals surface area contributed by atoms with Gasteiger partial charge in [0.25, 0.3) is 0 Å². The maximum atomic E-state index is 12.4. The number of benzene rings is 1. The first-order valence-corrected chi connectivity index (χ1v) is 8.53. The number of quaternary nitrogens is 1. The SMILES string of the molecule is COC1=C[C@]23CC[NH+](C)[C@H](Cc4ccc(OC)c(O)c42)[C@@H]3CC1=O.O.[Cl-]. The Morgan fingerprint density at radius 3 is 2.62 bits per heavy atom. The first-order valence-electron chi connectivity index (χ1n) is 8.53. The fourth-order valence-electron chi connectivity index (χ4n) is 5.17. The van der Waals surface area contributed by atoms with E-state index in [1.54, 1.807) is 14.2 Å². The van der Waals surface area contributed by atoms with Gasteiger partial charge in [0.05, 0.1) is 33.9 Å². The number of Topliss-reactive ketones (excluding diaryl/α,β-unsaturated/α-hetero) is 1. The summed E-state index contributed by atoms with van der Waals surface area (Å²) in [6.07, 6.45) is 4.25. The molecule has 0 amide bonds. The van der Waals surface area contributed by atoms with Gasteiger partial charge in [0.1, 0.15) is 0 Å². The number of rotatable bonds is 2. The number of allylic oxidation sites excluding steroid dienone is 2. The normalized spacial score (nSPS) is 31.4. The second kappa shape index (κ2) is 7.10. The molecule has 4 atom stereocenters. The molecule has 1 heterocycles. The van der Waals surface area contributed by atoms with Gasteiger partial charge in [-0.05, 0) is 17.7 Å². The average molecular weight is 384 g/mol. The molecule has 0 aromatic heterocycles. The number of phenols is 1. The van der Waals surface area contributed by atoms with Gasteiger partial charge >= 0.3 is 0 Å². The fraction of sp³-hybridized carbons (Fsp3) is 0.526. The standard InChI is InChI=1S/C19H23NO4.ClH.H2O/c1-20-7-6-19-10-16(24-3)14(21)9-12(19)13(20)8-11-4-5-15(23-2)18(22)17(11)19;;/h4-5,10,12-13,22H,6-9H2,1-3H3;1H;1H2/t12-,13+,19-;;/m0../s1. The van der Waals surface area contributed by atoms with Crippen molar-refractivity contribution in [2.24, 2.45) is 5.92 Å². The number of fused-ring (bicyclic) bond motifs is 1. The highest BCUT2D eigenvalue weighted by Crippen LogP contribution is 2.55. The summed E-state index contributed by atoms with van der Waals surface area (Å²) in [4.78, 5) is 13.9. The zero-order valence-corrected chi connectivity index (χ0v) is 16.0. The number of phenolic OH excluding ortho intramolecular Hbond substituents is 1. The molecule has 0 spiro atoms. The van der Waals surface area contributed by atoms with Crippen LogP contribution in [-0.4, -0.2) is 50.2 Å². The van der Waals surface area contributed by atoms with Crippen LogP contribution in [0, 0.1) is 5.92 Å². The minimum Gasteiger partial charge on any atom is -1.00 e. The minimum absolute atomic E-state index is 0. The van der Waals surface area contributed by atoms with Crippen molar-refractivity contribution in [3.63, 3.8) is 0 Å². The van der Waals surface area contributed by atoms with Crippen LogP contribution in [-0.2, 0) is 21.4 Å². The van der Waals surface area contributed by atoms with Crippen LogP contribution >= 0.6 is 0 Å². The van der Waals surface area contributed by atoms with Crippen LogP contribution in [0.2, 0.25) is 0 Å². The average Bonchev–Trinajstić information content (AvgIpc) is 2.58. The van der Waals surface area contributed by atoms with Gasteiger partial charge in [-0.15, -0.1) is 0 Å². The number of hydrogen-bond donors (Lipinski definition) is 2. The number of aromatic hydroxyl groups is 1. The number of halogens is 1. The summed E-state index contributed by atoms with van der Waals surface area (Å²) in [5.74, 6) is 1.42. The van der Waals surface area contributed by atoms with E-state index < -0.39 is 0 Å². The number of methoxy groups -OCH3 is 2. The summed E-state index contributed by atoms with van der Waals surface area (Å²) in [6, 6.07) is 4.29. The fourth-order valence-corrected chi connectivity index (χ4v) is 5.17. The first-order chi connectivity index (χ1) is 11.5. The molecular formula is C19H26ClNO5. The van der Waals surface area contributed by atoms with E-state index in [0.29, 0.717) is 24.0 Å². The lowest BCUT2D eigenvalue weighted by Gasteiger charge is -2.54. The molecule has 4 rings (SSSR count). The van der Waals surface area contributed by atoms with Gasteiger partial charge in [0, 0.05) is 36.2 Å². The van der Waals surface area contributed by atoms with E-state index in [1.807, 2.05) is 12.1 Å². The monoisotopic (exact) mass is 383 g/mol. The van der Waals surface area contributed by atoms with Crippen molar-refractivity contribution < 1.29 is 42.2 Å². The summed E-state index contributed by atoms with van der Waals surface area (Å²) >= 11 is 0. The van der Waals surface area contributed by atoms with Crippen LogP contribution in [0.1, 0.15) is 24.0 Å². The van der Waals surface area contributed by atoms with Gasteiger partial charge in [-0.3, -0.25) is 4.79 Å². The molecule has 1 aliphatic heterocycles. The Morgan fingerprint density at radius 1 is 1.23 bits per heavy atom. The molecule has 4 N–H and O–H groups in total. The molecule has 0 saturated carbocycles. The Morgan fingerprint density at radius 2 is 1.96 bits per heavy atom. The summed E-state index contributed by atoms with van der Waals surface area (Å²) in [6.45, 7) is 1.01. The Balaban J connectivity index is 0.00000121. The van der Waals surface area contributed by atoms with E-state index in [4.69, 9.17) is 9.47 Å². The molecule has 2 aliphatic carbocycles. The van der Waals surface area contributed by atoms with E-state index in [0.717, 1.165) is 30.5 Å². The number of piperidine rings is 1. The molecule has 2 bridgehead atoms. The smallest absolute Gasteiger partial charge is 0.197 e. The summed E-state index contributed by atoms with van der Waals surface area (Å²) in [7, 11) is 5.33. The van der Waals surface area contributed by atoms with Crippen LogP contribution in [0.3, 0.4) is 0 Å². The molecule has 1 unspecified atom stereocenters. The van der Waals surface area contributed by atoms with Crippen LogP contribution in [0.25, 0.3) is 0 Å². The molecule has 1 aromatic carbocycles. The van der Waals surface area contributed by atoms with Crippen LogP contribution < -0.4 is 22.0 Å². The highest BCUT2D eigenvalue weighted by Gasteiger charge is 2.58. The second-order valence-electron chi connectivity index (χ2n) is 7.29. The maximum Gasteiger partial charge on any atom is 0.197 e. The number of likely N-dealkylation sites (tertiary alicyclic amines) is 1. The summed E-state index contributed by atoms with van der Waals surface area (Å²) in [5.41, 5.74) is 1.77. The van der Waals surface area contributed by atoms with E-state index in [2.05, 4.69) is 13.1 Å². The molecule has 7 heteroatoms. The van der Waals surface area contributed by atoms with Crippen molar-refractivity contribution in [2.75, 3.05) is 27.8 Å². The van der Waals surface area contributed by atoms with Crippen molar-refractivity contribution >= 4 is 5.78 Å². The van der Waals surface area contributed by atoms with Crippen molar-refractivity contribution in [3.8, 4) is 11.5 Å². The van der Waals surface area contributed by atoms with Gasteiger partial charge in [0.2, 0.25) is 0 Å². The lowest BCUT2D eigenvalue weighted by Crippen LogP contribution is -3.16. The topological polar surface area (TPSA) is 91.7 Å². The summed E-state index contributed by atoms with van der Waals surface area (Å²) in [5, 5.41) is 10.9. The highest BCUT2D eigenvalue weighted by molar-refractivity contribution is 5.95. The zero-order chi connectivity index (χ0) is 17.1. The molecule has 0 radical (unpaired) electrons.